The molecule has 32 heavy (non-hydrogen) atoms. The Morgan fingerprint density at radius 1 is 1.06 bits per heavy atom. The molecule has 7 nitrogen and oxygen atoms in total. The van der Waals surface area contributed by atoms with Crippen molar-refractivity contribution in [2.24, 2.45) is 11.8 Å². The molecule has 7 heteroatoms. The Labute approximate surface area is 191 Å². The Hall–Kier alpha value is -2.15. The van der Waals surface area contributed by atoms with Crippen LogP contribution in [0.5, 0.6) is 5.75 Å². The molecule has 176 valence electrons. The van der Waals surface area contributed by atoms with Gasteiger partial charge in [0, 0.05) is 58.5 Å². The first-order valence-corrected chi connectivity index (χ1v) is 12.2. The number of nitrogens with zero attached hydrogens (tertiary/aromatic N) is 3. The van der Waals surface area contributed by atoms with Gasteiger partial charge in [-0.2, -0.15) is 0 Å². The second kappa shape index (κ2) is 10.6. The summed E-state index contributed by atoms with van der Waals surface area (Å²) < 4.78 is 12.2. The first kappa shape index (κ1) is 23.0. The van der Waals surface area contributed by atoms with Crippen molar-refractivity contribution in [2.75, 3.05) is 39.4 Å². The molecule has 0 aliphatic carbocycles. The number of rotatable bonds is 6. The third-order valence-electron chi connectivity index (χ3n) is 7.59. The molecular formula is C25H37N3O4. The SMILES string of the molecule is CC(=O)N1CCC(CC(=O)N2CCC3(CC2)CC(CCOc2ccncc2)CCO3)CC1. The van der Waals surface area contributed by atoms with Gasteiger partial charge in [-0.1, -0.05) is 0 Å². The predicted molar refractivity (Wildman–Crippen MR) is 121 cm³/mol. The van der Waals surface area contributed by atoms with E-state index in [9.17, 15) is 9.59 Å². The summed E-state index contributed by atoms with van der Waals surface area (Å²) in [6.45, 7) is 6.32. The van der Waals surface area contributed by atoms with Crippen LogP contribution in [0, 0.1) is 11.8 Å². The number of piperidine rings is 2. The molecule has 1 atom stereocenters. The van der Waals surface area contributed by atoms with Gasteiger partial charge >= 0.3 is 0 Å². The molecule has 2 amide bonds. The largest absolute Gasteiger partial charge is 0.493 e. The van der Waals surface area contributed by atoms with Crippen molar-refractivity contribution in [3.05, 3.63) is 24.5 Å². The lowest BCUT2D eigenvalue weighted by Crippen LogP contribution is -2.51. The minimum absolute atomic E-state index is 0.0663. The van der Waals surface area contributed by atoms with Gasteiger partial charge in [0.2, 0.25) is 11.8 Å². The van der Waals surface area contributed by atoms with Crippen LogP contribution < -0.4 is 4.74 Å². The number of amides is 2. The molecular weight excluding hydrogens is 406 g/mol. The second-order valence-corrected chi connectivity index (χ2v) is 9.74. The molecule has 3 aliphatic heterocycles. The van der Waals surface area contributed by atoms with E-state index in [-0.39, 0.29) is 17.4 Å². The molecule has 0 saturated carbocycles. The van der Waals surface area contributed by atoms with E-state index >= 15 is 0 Å². The van der Waals surface area contributed by atoms with Gasteiger partial charge in [-0.3, -0.25) is 14.6 Å². The standard InChI is InChI=1S/C25H37N3O4/c1-20(29)27-12-4-21(5-13-27)18-24(30)28-14-8-25(9-15-28)19-22(7-17-32-25)6-16-31-23-2-10-26-11-3-23/h2-3,10-11,21-22H,4-9,12-19H2,1H3. The van der Waals surface area contributed by atoms with Gasteiger partial charge in [0.1, 0.15) is 5.75 Å². The summed E-state index contributed by atoms with van der Waals surface area (Å²) in [7, 11) is 0. The summed E-state index contributed by atoms with van der Waals surface area (Å²) in [6.07, 6.45) is 11.1. The molecule has 1 spiro atoms. The number of hydrogen-bond donors (Lipinski definition) is 0. The summed E-state index contributed by atoms with van der Waals surface area (Å²) in [4.78, 5) is 32.3. The highest BCUT2D eigenvalue weighted by Crippen LogP contribution is 2.39. The molecule has 0 bridgehead atoms. The monoisotopic (exact) mass is 443 g/mol. The lowest BCUT2D eigenvalue weighted by atomic mass is 9.78. The minimum atomic E-state index is -0.0663. The fourth-order valence-electron chi connectivity index (χ4n) is 5.49. The van der Waals surface area contributed by atoms with Gasteiger partial charge in [0.15, 0.2) is 0 Å². The zero-order chi connectivity index (χ0) is 22.4. The summed E-state index contributed by atoms with van der Waals surface area (Å²) in [5.41, 5.74) is -0.0663. The van der Waals surface area contributed by atoms with E-state index < -0.39 is 0 Å². The molecule has 3 aliphatic rings. The number of aromatic nitrogens is 1. The molecule has 0 aromatic carbocycles. The number of hydrogen-bond acceptors (Lipinski definition) is 5. The maximum absolute atomic E-state index is 12.9. The first-order valence-electron chi connectivity index (χ1n) is 12.2. The Morgan fingerprint density at radius 3 is 2.47 bits per heavy atom. The Morgan fingerprint density at radius 2 is 1.78 bits per heavy atom. The van der Waals surface area contributed by atoms with Crippen LogP contribution in [0.15, 0.2) is 24.5 Å². The number of carbonyl (C=O) groups is 2. The smallest absolute Gasteiger partial charge is 0.222 e. The van der Waals surface area contributed by atoms with E-state index in [2.05, 4.69) is 4.98 Å². The van der Waals surface area contributed by atoms with E-state index in [1.165, 1.54) is 0 Å². The molecule has 0 N–H and O–H groups in total. The van der Waals surface area contributed by atoms with Gasteiger partial charge in [-0.05, 0) is 68.9 Å². The van der Waals surface area contributed by atoms with Crippen molar-refractivity contribution < 1.29 is 19.1 Å². The molecule has 1 aromatic rings. The van der Waals surface area contributed by atoms with Crippen molar-refractivity contribution in [2.45, 2.75) is 63.9 Å². The fourth-order valence-corrected chi connectivity index (χ4v) is 5.49. The molecule has 0 radical (unpaired) electrons. The molecule has 3 fully saturated rings. The maximum atomic E-state index is 12.9. The normalized spacial score (nSPS) is 23.8. The van der Waals surface area contributed by atoms with E-state index in [0.717, 1.165) is 90.1 Å². The number of ether oxygens (including phenoxy) is 2. The van der Waals surface area contributed by atoms with Crippen LogP contribution in [0.1, 0.15) is 58.3 Å². The van der Waals surface area contributed by atoms with E-state index in [4.69, 9.17) is 9.47 Å². The van der Waals surface area contributed by atoms with Gasteiger partial charge < -0.3 is 19.3 Å². The van der Waals surface area contributed by atoms with Crippen molar-refractivity contribution in [3.8, 4) is 5.75 Å². The zero-order valence-electron chi connectivity index (χ0n) is 19.3. The average Bonchev–Trinajstić information content (AvgIpc) is 2.81. The molecule has 1 unspecified atom stereocenters. The third kappa shape index (κ3) is 6.00. The van der Waals surface area contributed by atoms with Gasteiger partial charge in [0.05, 0.1) is 12.2 Å². The fraction of sp³-hybridized carbons (Fsp3) is 0.720. The van der Waals surface area contributed by atoms with E-state index in [1.807, 2.05) is 21.9 Å². The zero-order valence-corrected chi connectivity index (χ0v) is 19.3. The van der Waals surface area contributed by atoms with Crippen LogP contribution in [-0.2, 0) is 14.3 Å². The lowest BCUT2D eigenvalue weighted by Gasteiger charge is -2.46. The average molecular weight is 444 g/mol. The Balaban J connectivity index is 1.18. The van der Waals surface area contributed by atoms with E-state index in [1.54, 1.807) is 19.3 Å². The highest BCUT2D eigenvalue weighted by Gasteiger charge is 2.41. The van der Waals surface area contributed by atoms with Crippen molar-refractivity contribution in [1.82, 2.24) is 14.8 Å². The highest BCUT2D eigenvalue weighted by molar-refractivity contribution is 5.77. The minimum Gasteiger partial charge on any atom is -0.493 e. The summed E-state index contributed by atoms with van der Waals surface area (Å²) in [5.74, 6) is 2.31. The van der Waals surface area contributed by atoms with Crippen LogP contribution in [-0.4, -0.2) is 71.6 Å². The Bertz CT molecular complexity index is 756. The quantitative estimate of drug-likeness (QED) is 0.675. The summed E-state index contributed by atoms with van der Waals surface area (Å²) in [5, 5.41) is 0. The second-order valence-electron chi connectivity index (χ2n) is 9.74. The highest BCUT2D eigenvalue weighted by atomic mass is 16.5. The van der Waals surface area contributed by atoms with E-state index in [0.29, 0.717) is 18.3 Å². The van der Waals surface area contributed by atoms with Crippen LogP contribution in [0.25, 0.3) is 0 Å². The van der Waals surface area contributed by atoms with Crippen LogP contribution in [0.2, 0.25) is 0 Å². The topological polar surface area (TPSA) is 72.0 Å². The van der Waals surface area contributed by atoms with Crippen molar-refractivity contribution in [1.29, 1.82) is 0 Å². The molecule has 4 rings (SSSR count). The number of pyridine rings is 1. The predicted octanol–water partition coefficient (Wildman–Crippen LogP) is 3.29. The number of carbonyl (C=O) groups excluding carboxylic acids is 2. The summed E-state index contributed by atoms with van der Waals surface area (Å²) >= 11 is 0. The van der Waals surface area contributed by atoms with Crippen LogP contribution in [0.4, 0.5) is 0 Å². The third-order valence-corrected chi connectivity index (χ3v) is 7.59. The number of likely N-dealkylation sites (tertiary alicyclic amines) is 2. The first-order chi connectivity index (χ1) is 15.5. The van der Waals surface area contributed by atoms with Gasteiger partial charge in [-0.15, -0.1) is 0 Å². The van der Waals surface area contributed by atoms with Crippen LogP contribution >= 0.6 is 0 Å². The molecule has 3 saturated heterocycles. The maximum Gasteiger partial charge on any atom is 0.222 e. The summed E-state index contributed by atoms with van der Waals surface area (Å²) in [6, 6.07) is 3.79. The Kier molecular flexibility index (Phi) is 7.66. The molecule has 1 aromatic heterocycles. The van der Waals surface area contributed by atoms with Crippen molar-refractivity contribution in [3.63, 3.8) is 0 Å². The van der Waals surface area contributed by atoms with Crippen LogP contribution in [0.3, 0.4) is 0 Å². The van der Waals surface area contributed by atoms with Gasteiger partial charge in [-0.25, -0.2) is 0 Å². The lowest BCUT2D eigenvalue weighted by molar-refractivity contribution is -0.148. The van der Waals surface area contributed by atoms with Gasteiger partial charge in [0.25, 0.3) is 0 Å². The van der Waals surface area contributed by atoms with Crippen molar-refractivity contribution >= 4 is 11.8 Å². The molecule has 4 heterocycles.